The number of ether oxygens (including phenoxy) is 1. The van der Waals surface area contributed by atoms with Crippen molar-refractivity contribution in [3.05, 3.63) is 34.4 Å². The highest BCUT2D eigenvalue weighted by Crippen LogP contribution is 2.27. The Labute approximate surface area is 117 Å². The number of hydrogen-bond acceptors (Lipinski definition) is 2. The van der Waals surface area contributed by atoms with Crippen LogP contribution in [0.1, 0.15) is 54.0 Å². The molecule has 2 nitrogen and oxygen atoms in total. The molecule has 19 heavy (non-hydrogen) atoms. The summed E-state index contributed by atoms with van der Waals surface area (Å²) in [6.45, 7) is 7.56. The fourth-order valence-electron chi connectivity index (χ4n) is 3.04. The van der Waals surface area contributed by atoms with Crippen LogP contribution in [0.3, 0.4) is 0 Å². The Morgan fingerprint density at radius 1 is 1.21 bits per heavy atom. The summed E-state index contributed by atoms with van der Waals surface area (Å²) in [7, 11) is 2.06. The molecule has 0 saturated carbocycles. The Bertz CT molecular complexity index is 422. The van der Waals surface area contributed by atoms with Crippen LogP contribution in [0, 0.1) is 20.8 Å². The monoisotopic (exact) mass is 261 g/mol. The van der Waals surface area contributed by atoms with E-state index in [1.165, 1.54) is 35.1 Å². The van der Waals surface area contributed by atoms with Gasteiger partial charge in [0, 0.05) is 12.6 Å². The van der Waals surface area contributed by atoms with Crippen molar-refractivity contribution in [2.24, 2.45) is 0 Å². The minimum atomic E-state index is 0.448. The molecule has 2 unspecified atom stereocenters. The number of nitrogens with one attached hydrogen (secondary N) is 1. The van der Waals surface area contributed by atoms with E-state index in [0.717, 1.165) is 19.4 Å². The van der Waals surface area contributed by atoms with E-state index in [4.69, 9.17) is 4.74 Å². The molecule has 1 aliphatic rings. The summed E-state index contributed by atoms with van der Waals surface area (Å²) in [5, 5.41) is 3.47. The lowest BCUT2D eigenvalue weighted by molar-refractivity contribution is 0.0998. The molecular weight excluding hydrogens is 234 g/mol. The summed E-state index contributed by atoms with van der Waals surface area (Å²) >= 11 is 0. The van der Waals surface area contributed by atoms with Gasteiger partial charge >= 0.3 is 0 Å². The van der Waals surface area contributed by atoms with E-state index in [-0.39, 0.29) is 0 Å². The van der Waals surface area contributed by atoms with Gasteiger partial charge in [0.1, 0.15) is 0 Å². The minimum Gasteiger partial charge on any atom is -0.378 e. The lowest BCUT2D eigenvalue weighted by Crippen LogP contribution is -2.20. The van der Waals surface area contributed by atoms with Gasteiger partial charge in [0.05, 0.1) is 6.10 Å². The van der Waals surface area contributed by atoms with E-state index < -0.39 is 0 Å². The molecule has 2 rings (SSSR count). The quantitative estimate of drug-likeness (QED) is 0.869. The van der Waals surface area contributed by atoms with Crippen LogP contribution in [-0.4, -0.2) is 19.8 Å². The Balaban J connectivity index is 2.05. The van der Waals surface area contributed by atoms with Crippen molar-refractivity contribution in [3.8, 4) is 0 Å². The molecule has 0 aliphatic carbocycles. The molecule has 1 aliphatic heterocycles. The van der Waals surface area contributed by atoms with Gasteiger partial charge in [0.2, 0.25) is 0 Å². The third-order valence-corrected chi connectivity index (χ3v) is 4.41. The zero-order chi connectivity index (χ0) is 13.8. The molecule has 0 amide bonds. The molecule has 106 valence electrons. The molecule has 2 atom stereocenters. The van der Waals surface area contributed by atoms with E-state index in [9.17, 15) is 0 Å². The van der Waals surface area contributed by atoms with Crippen LogP contribution >= 0.6 is 0 Å². The van der Waals surface area contributed by atoms with Gasteiger partial charge in [-0.05, 0) is 75.8 Å². The maximum absolute atomic E-state index is 5.73. The molecule has 1 saturated heterocycles. The molecule has 1 aromatic rings. The lowest BCUT2D eigenvalue weighted by atomic mass is 9.92. The third-order valence-electron chi connectivity index (χ3n) is 4.41. The first-order valence-electron chi connectivity index (χ1n) is 7.48. The van der Waals surface area contributed by atoms with Gasteiger partial charge in [-0.2, -0.15) is 0 Å². The van der Waals surface area contributed by atoms with Gasteiger partial charge in [-0.15, -0.1) is 0 Å². The van der Waals surface area contributed by atoms with Gasteiger partial charge in [-0.3, -0.25) is 0 Å². The highest BCUT2D eigenvalue weighted by molar-refractivity contribution is 5.38. The first-order chi connectivity index (χ1) is 9.11. The van der Waals surface area contributed by atoms with Crippen LogP contribution in [0.2, 0.25) is 0 Å². The Morgan fingerprint density at radius 2 is 1.95 bits per heavy atom. The maximum atomic E-state index is 5.73. The summed E-state index contributed by atoms with van der Waals surface area (Å²) in [5.41, 5.74) is 5.62. The summed E-state index contributed by atoms with van der Waals surface area (Å²) in [6, 6.07) is 5.10. The number of benzene rings is 1. The number of hydrogen-bond donors (Lipinski definition) is 1. The molecule has 0 aromatic heterocycles. The first-order valence-corrected chi connectivity index (χ1v) is 7.48. The summed E-state index contributed by atoms with van der Waals surface area (Å²) in [6.07, 6.45) is 5.28. The number of aryl methyl sites for hydroxylation is 3. The average Bonchev–Trinajstić information content (AvgIpc) is 2.89. The van der Waals surface area contributed by atoms with Gasteiger partial charge in [-0.1, -0.05) is 12.1 Å². The van der Waals surface area contributed by atoms with E-state index in [2.05, 4.69) is 45.3 Å². The molecule has 0 bridgehead atoms. The number of rotatable bonds is 5. The van der Waals surface area contributed by atoms with Crippen LogP contribution in [0.5, 0.6) is 0 Å². The second-order valence-electron chi connectivity index (χ2n) is 5.85. The predicted octanol–water partition coefficient (Wildman–Crippen LogP) is 3.83. The molecule has 0 spiro atoms. The first kappa shape index (κ1) is 14.5. The van der Waals surface area contributed by atoms with Crippen LogP contribution in [0.15, 0.2) is 12.1 Å². The summed E-state index contributed by atoms with van der Waals surface area (Å²) in [5.74, 6) is 0. The smallest absolute Gasteiger partial charge is 0.0576 e. The predicted molar refractivity (Wildman–Crippen MR) is 80.7 cm³/mol. The third kappa shape index (κ3) is 3.58. The molecule has 1 heterocycles. The van der Waals surface area contributed by atoms with Gasteiger partial charge in [-0.25, -0.2) is 0 Å². The van der Waals surface area contributed by atoms with Crippen LogP contribution in [0.25, 0.3) is 0 Å². The Hall–Kier alpha value is -0.860. The van der Waals surface area contributed by atoms with Crippen molar-refractivity contribution in [1.29, 1.82) is 0 Å². The van der Waals surface area contributed by atoms with Gasteiger partial charge < -0.3 is 10.1 Å². The van der Waals surface area contributed by atoms with Gasteiger partial charge in [0.25, 0.3) is 0 Å². The van der Waals surface area contributed by atoms with E-state index in [1.54, 1.807) is 0 Å². The second kappa shape index (κ2) is 6.53. The Kier molecular flexibility index (Phi) is 5.00. The summed E-state index contributed by atoms with van der Waals surface area (Å²) < 4.78 is 5.73. The Morgan fingerprint density at radius 3 is 2.58 bits per heavy atom. The molecule has 0 radical (unpaired) electrons. The lowest BCUT2D eigenvalue weighted by Gasteiger charge is -2.22. The van der Waals surface area contributed by atoms with Crippen LogP contribution < -0.4 is 5.32 Å². The normalized spacial score (nSPS) is 20.7. The molecule has 1 N–H and O–H groups in total. The van der Waals surface area contributed by atoms with Crippen molar-refractivity contribution in [1.82, 2.24) is 5.32 Å². The van der Waals surface area contributed by atoms with E-state index in [0.29, 0.717) is 12.1 Å². The van der Waals surface area contributed by atoms with Crippen molar-refractivity contribution < 1.29 is 4.74 Å². The fraction of sp³-hybridized carbons (Fsp3) is 0.647. The standard InChI is InChI=1S/C17H27NO/c1-12-10-14(3)16(11-13(12)2)17(18-4)8-7-15-6-5-9-19-15/h10-11,15,17-18H,5-9H2,1-4H3. The largest absolute Gasteiger partial charge is 0.378 e. The van der Waals surface area contributed by atoms with Crippen molar-refractivity contribution in [3.63, 3.8) is 0 Å². The zero-order valence-corrected chi connectivity index (χ0v) is 12.8. The van der Waals surface area contributed by atoms with E-state index in [1.807, 2.05) is 0 Å². The van der Waals surface area contributed by atoms with Gasteiger partial charge in [0.15, 0.2) is 0 Å². The van der Waals surface area contributed by atoms with Crippen LogP contribution in [0.4, 0.5) is 0 Å². The van der Waals surface area contributed by atoms with Crippen LogP contribution in [-0.2, 0) is 4.74 Å². The average molecular weight is 261 g/mol. The fourth-order valence-corrected chi connectivity index (χ4v) is 3.04. The van der Waals surface area contributed by atoms with Crippen molar-refractivity contribution in [2.75, 3.05) is 13.7 Å². The second-order valence-corrected chi connectivity index (χ2v) is 5.85. The molecule has 1 aromatic carbocycles. The maximum Gasteiger partial charge on any atom is 0.0576 e. The molecule has 1 fully saturated rings. The molecule has 2 heteroatoms. The topological polar surface area (TPSA) is 21.3 Å². The summed E-state index contributed by atoms with van der Waals surface area (Å²) in [4.78, 5) is 0. The van der Waals surface area contributed by atoms with E-state index >= 15 is 0 Å². The highest BCUT2D eigenvalue weighted by atomic mass is 16.5. The van der Waals surface area contributed by atoms with Crippen molar-refractivity contribution in [2.45, 2.75) is 58.6 Å². The SMILES string of the molecule is CNC(CCC1CCCO1)c1cc(C)c(C)cc1C. The molecular formula is C17H27NO. The van der Waals surface area contributed by atoms with Crippen molar-refractivity contribution >= 4 is 0 Å². The zero-order valence-electron chi connectivity index (χ0n) is 12.8. The highest BCUT2D eigenvalue weighted by Gasteiger charge is 2.19. The minimum absolute atomic E-state index is 0.448.